The normalized spacial score (nSPS) is 11.7. The Bertz CT molecular complexity index is 753. The number of amides is 2. The molecule has 1 unspecified atom stereocenters. The third-order valence-corrected chi connectivity index (χ3v) is 4.71. The van der Waals surface area contributed by atoms with E-state index in [0.29, 0.717) is 18.7 Å². The fourth-order valence-electron chi connectivity index (χ4n) is 2.17. The molecule has 2 N–H and O–H groups in total. The molecule has 26 heavy (non-hydrogen) atoms. The lowest BCUT2D eigenvalue weighted by atomic mass is 10.1. The smallest absolute Gasteiger partial charge is 0.234 e. The van der Waals surface area contributed by atoms with Crippen LogP contribution in [0.15, 0.2) is 48.5 Å². The quantitative estimate of drug-likeness (QED) is 0.740. The molecule has 2 aromatic rings. The van der Waals surface area contributed by atoms with Gasteiger partial charge in [0.1, 0.15) is 11.6 Å². The first-order chi connectivity index (χ1) is 12.4. The van der Waals surface area contributed by atoms with E-state index in [4.69, 9.17) is 0 Å². The SMILES string of the molecule is CC(SCC(=O)Nc1ccc(F)cc1)C(=O)NCCc1cccc(F)c1. The Kier molecular flexibility index (Phi) is 7.59. The molecule has 0 heterocycles. The van der Waals surface area contributed by atoms with Crippen molar-refractivity contribution >= 4 is 29.3 Å². The molecule has 0 saturated heterocycles. The maximum absolute atomic E-state index is 13.1. The summed E-state index contributed by atoms with van der Waals surface area (Å²) in [6, 6.07) is 11.7. The molecule has 2 amide bonds. The summed E-state index contributed by atoms with van der Waals surface area (Å²) in [6.45, 7) is 2.11. The number of nitrogens with one attached hydrogen (secondary N) is 2. The highest BCUT2D eigenvalue weighted by Gasteiger charge is 2.15. The van der Waals surface area contributed by atoms with Gasteiger partial charge in [0.05, 0.1) is 11.0 Å². The molecular formula is C19H20F2N2O2S. The lowest BCUT2D eigenvalue weighted by Crippen LogP contribution is -2.33. The van der Waals surface area contributed by atoms with Crippen molar-refractivity contribution in [2.24, 2.45) is 0 Å². The number of rotatable bonds is 8. The van der Waals surface area contributed by atoms with Crippen molar-refractivity contribution in [2.75, 3.05) is 17.6 Å². The van der Waals surface area contributed by atoms with Crippen molar-refractivity contribution < 1.29 is 18.4 Å². The van der Waals surface area contributed by atoms with E-state index in [0.717, 1.165) is 5.56 Å². The number of hydrogen-bond donors (Lipinski definition) is 2. The molecule has 2 aromatic carbocycles. The summed E-state index contributed by atoms with van der Waals surface area (Å²) in [6.07, 6.45) is 0.534. The van der Waals surface area contributed by atoms with E-state index < -0.39 is 5.25 Å². The second-order valence-corrected chi connectivity index (χ2v) is 7.01. The summed E-state index contributed by atoms with van der Waals surface area (Å²) in [5.41, 5.74) is 1.31. The molecule has 2 rings (SSSR count). The van der Waals surface area contributed by atoms with E-state index in [9.17, 15) is 18.4 Å². The molecule has 4 nitrogen and oxygen atoms in total. The number of carbonyl (C=O) groups excluding carboxylic acids is 2. The fraction of sp³-hybridized carbons (Fsp3) is 0.263. The number of carbonyl (C=O) groups is 2. The summed E-state index contributed by atoms with van der Waals surface area (Å²) in [4.78, 5) is 23.9. The van der Waals surface area contributed by atoms with Gasteiger partial charge >= 0.3 is 0 Å². The first-order valence-corrected chi connectivity index (χ1v) is 9.18. The highest BCUT2D eigenvalue weighted by molar-refractivity contribution is 8.01. The largest absolute Gasteiger partial charge is 0.355 e. The summed E-state index contributed by atoms with van der Waals surface area (Å²) in [5.74, 6) is -1.01. The van der Waals surface area contributed by atoms with Crippen LogP contribution in [0.1, 0.15) is 12.5 Å². The van der Waals surface area contributed by atoms with E-state index in [1.807, 2.05) is 0 Å². The van der Waals surface area contributed by atoms with Crippen LogP contribution in [-0.4, -0.2) is 29.4 Å². The van der Waals surface area contributed by atoms with Gasteiger partial charge in [-0.05, 0) is 55.3 Å². The third kappa shape index (κ3) is 6.84. The second-order valence-electron chi connectivity index (χ2n) is 5.68. The van der Waals surface area contributed by atoms with Crippen molar-refractivity contribution in [1.29, 1.82) is 0 Å². The van der Waals surface area contributed by atoms with Crippen LogP contribution in [0.25, 0.3) is 0 Å². The van der Waals surface area contributed by atoms with Gasteiger partial charge in [-0.15, -0.1) is 11.8 Å². The van der Waals surface area contributed by atoms with Gasteiger partial charge in [0.25, 0.3) is 0 Å². The minimum atomic E-state index is -0.401. The van der Waals surface area contributed by atoms with Gasteiger partial charge in [-0.3, -0.25) is 9.59 Å². The Morgan fingerprint density at radius 1 is 1.08 bits per heavy atom. The minimum absolute atomic E-state index is 0.107. The van der Waals surface area contributed by atoms with Gasteiger partial charge in [-0.1, -0.05) is 12.1 Å². The predicted molar refractivity (Wildman–Crippen MR) is 100 cm³/mol. The summed E-state index contributed by atoms with van der Waals surface area (Å²) in [7, 11) is 0. The Hall–Kier alpha value is -2.41. The zero-order valence-electron chi connectivity index (χ0n) is 14.3. The van der Waals surface area contributed by atoms with E-state index in [1.54, 1.807) is 19.1 Å². The first-order valence-electron chi connectivity index (χ1n) is 8.13. The van der Waals surface area contributed by atoms with Crippen molar-refractivity contribution in [3.05, 3.63) is 65.7 Å². The van der Waals surface area contributed by atoms with Crippen LogP contribution >= 0.6 is 11.8 Å². The predicted octanol–water partition coefficient (Wildman–Crippen LogP) is 3.38. The average molecular weight is 378 g/mol. The number of anilines is 1. The van der Waals surface area contributed by atoms with Gasteiger partial charge in [0.2, 0.25) is 11.8 Å². The van der Waals surface area contributed by atoms with E-state index in [-0.39, 0.29) is 29.2 Å². The van der Waals surface area contributed by atoms with Crippen molar-refractivity contribution in [3.8, 4) is 0 Å². The molecule has 0 bridgehead atoms. The van der Waals surface area contributed by atoms with Crippen LogP contribution in [0.4, 0.5) is 14.5 Å². The number of hydrogen-bond acceptors (Lipinski definition) is 3. The monoisotopic (exact) mass is 378 g/mol. The Morgan fingerprint density at radius 3 is 2.50 bits per heavy atom. The molecule has 0 aliphatic heterocycles. The fourth-order valence-corrected chi connectivity index (χ4v) is 2.88. The number of halogens is 2. The first kappa shape index (κ1) is 19.9. The standard InChI is InChI=1S/C19H20F2N2O2S/c1-13(19(25)22-10-9-14-3-2-4-16(21)11-14)26-12-18(24)23-17-7-5-15(20)6-8-17/h2-8,11,13H,9-10,12H2,1H3,(H,22,25)(H,23,24). The Morgan fingerprint density at radius 2 is 1.81 bits per heavy atom. The van der Waals surface area contributed by atoms with Crippen LogP contribution in [0.5, 0.6) is 0 Å². The Balaban J connectivity index is 1.67. The van der Waals surface area contributed by atoms with E-state index in [2.05, 4.69) is 10.6 Å². The minimum Gasteiger partial charge on any atom is -0.355 e. The van der Waals surface area contributed by atoms with Crippen molar-refractivity contribution in [2.45, 2.75) is 18.6 Å². The highest BCUT2D eigenvalue weighted by atomic mass is 32.2. The maximum Gasteiger partial charge on any atom is 0.234 e. The molecule has 0 fully saturated rings. The third-order valence-electron chi connectivity index (χ3n) is 3.56. The summed E-state index contributed by atoms with van der Waals surface area (Å²) < 4.78 is 25.9. The molecule has 0 radical (unpaired) electrons. The molecule has 0 saturated carbocycles. The summed E-state index contributed by atoms with van der Waals surface area (Å²) >= 11 is 1.21. The molecule has 138 valence electrons. The maximum atomic E-state index is 13.1. The highest BCUT2D eigenvalue weighted by Crippen LogP contribution is 2.13. The topological polar surface area (TPSA) is 58.2 Å². The Labute approximate surface area is 155 Å². The van der Waals surface area contributed by atoms with Crippen LogP contribution in [0.2, 0.25) is 0 Å². The number of thioether (sulfide) groups is 1. The lowest BCUT2D eigenvalue weighted by Gasteiger charge is -2.12. The molecule has 0 spiro atoms. The summed E-state index contributed by atoms with van der Waals surface area (Å²) in [5, 5.41) is 5.01. The van der Waals surface area contributed by atoms with Gasteiger partial charge in [-0.2, -0.15) is 0 Å². The molecule has 0 aliphatic carbocycles. The average Bonchev–Trinajstić information content (AvgIpc) is 2.61. The second kappa shape index (κ2) is 9.91. The van der Waals surface area contributed by atoms with E-state index >= 15 is 0 Å². The van der Waals surface area contributed by atoms with Crippen LogP contribution in [0, 0.1) is 11.6 Å². The molecule has 0 aliphatic rings. The van der Waals surface area contributed by atoms with Gasteiger partial charge < -0.3 is 10.6 Å². The zero-order valence-corrected chi connectivity index (χ0v) is 15.1. The molecule has 7 heteroatoms. The van der Waals surface area contributed by atoms with E-state index in [1.165, 1.54) is 48.2 Å². The van der Waals surface area contributed by atoms with Gasteiger partial charge in [-0.25, -0.2) is 8.78 Å². The molecule has 0 aromatic heterocycles. The van der Waals surface area contributed by atoms with Crippen molar-refractivity contribution in [3.63, 3.8) is 0 Å². The molecule has 1 atom stereocenters. The van der Waals surface area contributed by atoms with Gasteiger partial charge in [0.15, 0.2) is 0 Å². The lowest BCUT2D eigenvalue weighted by molar-refractivity contribution is -0.120. The van der Waals surface area contributed by atoms with Gasteiger partial charge in [0, 0.05) is 12.2 Å². The molecular weight excluding hydrogens is 358 g/mol. The van der Waals surface area contributed by atoms with Crippen LogP contribution in [0.3, 0.4) is 0 Å². The zero-order chi connectivity index (χ0) is 18.9. The van der Waals surface area contributed by atoms with Crippen molar-refractivity contribution in [1.82, 2.24) is 5.32 Å². The van der Waals surface area contributed by atoms with Crippen LogP contribution in [-0.2, 0) is 16.0 Å². The van der Waals surface area contributed by atoms with Crippen LogP contribution < -0.4 is 10.6 Å². The number of benzene rings is 2.